The Morgan fingerprint density at radius 2 is 2.40 bits per heavy atom. The molecule has 0 saturated carbocycles. The Labute approximate surface area is 88.3 Å². The van der Waals surface area contributed by atoms with E-state index in [1.165, 1.54) is 0 Å². The minimum Gasteiger partial charge on any atom is -0.329 e. The van der Waals surface area contributed by atoms with Crippen molar-refractivity contribution in [3.05, 3.63) is 36.2 Å². The van der Waals surface area contributed by atoms with Crippen molar-refractivity contribution in [1.82, 2.24) is 19.7 Å². The van der Waals surface area contributed by atoms with Gasteiger partial charge in [0, 0.05) is 24.0 Å². The summed E-state index contributed by atoms with van der Waals surface area (Å²) in [5.74, 6) is 0. The lowest BCUT2D eigenvalue weighted by molar-refractivity contribution is 0.618. The SMILES string of the molecule is CC[C@@H](N)c1cncn1Cc1cn[nH]c1. The molecule has 2 heterocycles. The molecule has 0 aliphatic carbocycles. The highest BCUT2D eigenvalue weighted by Crippen LogP contribution is 2.14. The number of aromatic amines is 1. The number of aromatic nitrogens is 4. The third-order valence-electron chi connectivity index (χ3n) is 2.47. The Morgan fingerprint density at radius 1 is 1.53 bits per heavy atom. The Hall–Kier alpha value is -1.62. The third-order valence-corrected chi connectivity index (χ3v) is 2.47. The van der Waals surface area contributed by atoms with Gasteiger partial charge in [0.05, 0.1) is 24.8 Å². The lowest BCUT2D eigenvalue weighted by Gasteiger charge is -2.11. The van der Waals surface area contributed by atoms with E-state index in [-0.39, 0.29) is 6.04 Å². The fourth-order valence-corrected chi connectivity index (χ4v) is 1.54. The van der Waals surface area contributed by atoms with E-state index in [2.05, 4.69) is 26.7 Å². The fourth-order valence-electron chi connectivity index (χ4n) is 1.54. The maximum absolute atomic E-state index is 5.98. The van der Waals surface area contributed by atoms with Gasteiger partial charge in [0.25, 0.3) is 0 Å². The molecular weight excluding hydrogens is 190 g/mol. The van der Waals surface area contributed by atoms with Gasteiger partial charge < -0.3 is 10.3 Å². The lowest BCUT2D eigenvalue weighted by atomic mass is 10.2. The molecule has 0 aliphatic rings. The van der Waals surface area contributed by atoms with E-state index in [0.29, 0.717) is 0 Å². The molecule has 0 aromatic carbocycles. The first-order chi connectivity index (χ1) is 7.31. The zero-order valence-electron chi connectivity index (χ0n) is 8.72. The normalized spacial score (nSPS) is 12.9. The number of nitrogens with zero attached hydrogens (tertiary/aromatic N) is 3. The molecule has 0 saturated heterocycles. The predicted octanol–water partition coefficient (Wildman–Crippen LogP) is 1.06. The molecule has 0 bridgehead atoms. The molecule has 2 aromatic heterocycles. The van der Waals surface area contributed by atoms with Crippen molar-refractivity contribution in [2.75, 3.05) is 0 Å². The van der Waals surface area contributed by atoms with Gasteiger partial charge in [0.15, 0.2) is 0 Å². The van der Waals surface area contributed by atoms with Crippen molar-refractivity contribution in [3.8, 4) is 0 Å². The van der Waals surface area contributed by atoms with Crippen LogP contribution in [0.5, 0.6) is 0 Å². The number of rotatable bonds is 4. The molecule has 0 radical (unpaired) electrons. The molecule has 3 N–H and O–H groups in total. The summed E-state index contributed by atoms with van der Waals surface area (Å²) in [5.41, 5.74) is 8.18. The van der Waals surface area contributed by atoms with Gasteiger partial charge in [-0.2, -0.15) is 5.10 Å². The topological polar surface area (TPSA) is 72.5 Å². The maximum atomic E-state index is 5.98. The Morgan fingerprint density at radius 3 is 3.07 bits per heavy atom. The zero-order valence-corrected chi connectivity index (χ0v) is 8.72. The van der Waals surface area contributed by atoms with Crippen LogP contribution >= 0.6 is 0 Å². The van der Waals surface area contributed by atoms with Crippen LogP contribution in [0.1, 0.15) is 30.6 Å². The summed E-state index contributed by atoms with van der Waals surface area (Å²) < 4.78 is 2.05. The van der Waals surface area contributed by atoms with Crippen molar-refractivity contribution in [3.63, 3.8) is 0 Å². The second kappa shape index (κ2) is 4.27. The van der Waals surface area contributed by atoms with Crippen molar-refractivity contribution in [1.29, 1.82) is 0 Å². The van der Waals surface area contributed by atoms with Crippen LogP contribution in [0, 0.1) is 0 Å². The Bertz CT molecular complexity index is 403. The van der Waals surface area contributed by atoms with Crippen molar-refractivity contribution < 1.29 is 0 Å². The number of hydrogen-bond donors (Lipinski definition) is 2. The van der Waals surface area contributed by atoms with Crippen LogP contribution in [-0.4, -0.2) is 19.7 Å². The zero-order chi connectivity index (χ0) is 10.7. The van der Waals surface area contributed by atoms with Gasteiger partial charge in [-0.05, 0) is 6.42 Å². The fraction of sp³-hybridized carbons (Fsp3) is 0.400. The van der Waals surface area contributed by atoms with Gasteiger partial charge in [-0.1, -0.05) is 6.92 Å². The molecule has 2 rings (SSSR count). The van der Waals surface area contributed by atoms with E-state index in [4.69, 9.17) is 5.73 Å². The van der Waals surface area contributed by atoms with Gasteiger partial charge in [0.1, 0.15) is 0 Å². The summed E-state index contributed by atoms with van der Waals surface area (Å²) in [6, 6.07) is 0.0550. The lowest BCUT2D eigenvalue weighted by Crippen LogP contribution is -2.14. The highest BCUT2D eigenvalue weighted by atomic mass is 15.1. The van der Waals surface area contributed by atoms with E-state index in [0.717, 1.165) is 24.2 Å². The van der Waals surface area contributed by atoms with Gasteiger partial charge in [0.2, 0.25) is 0 Å². The molecule has 0 aliphatic heterocycles. The molecule has 0 spiro atoms. The number of nitrogens with one attached hydrogen (secondary N) is 1. The van der Waals surface area contributed by atoms with Gasteiger partial charge in [-0.25, -0.2) is 4.98 Å². The first kappa shape index (κ1) is 9.92. The Balaban J connectivity index is 2.18. The van der Waals surface area contributed by atoms with Crippen molar-refractivity contribution in [2.45, 2.75) is 25.9 Å². The van der Waals surface area contributed by atoms with Crippen LogP contribution in [0.25, 0.3) is 0 Å². The summed E-state index contributed by atoms with van der Waals surface area (Å²) in [6.07, 6.45) is 8.23. The number of hydrogen-bond acceptors (Lipinski definition) is 3. The van der Waals surface area contributed by atoms with Gasteiger partial charge >= 0.3 is 0 Å². The molecule has 0 unspecified atom stereocenters. The summed E-state index contributed by atoms with van der Waals surface area (Å²) in [4.78, 5) is 4.12. The number of H-pyrrole nitrogens is 1. The van der Waals surface area contributed by atoms with Gasteiger partial charge in [-0.15, -0.1) is 0 Å². The van der Waals surface area contributed by atoms with Crippen LogP contribution in [0.3, 0.4) is 0 Å². The summed E-state index contributed by atoms with van der Waals surface area (Å²) >= 11 is 0. The Kier molecular flexibility index (Phi) is 2.82. The molecule has 0 amide bonds. The van der Waals surface area contributed by atoms with Crippen LogP contribution in [0.15, 0.2) is 24.9 Å². The van der Waals surface area contributed by atoms with Crippen LogP contribution in [0.4, 0.5) is 0 Å². The molecular formula is C10H15N5. The van der Waals surface area contributed by atoms with Crippen LogP contribution in [0.2, 0.25) is 0 Å². The standard InChI is InChI=1S/C10H15N5/c1-2-9(11)10-5-12-7-15(10)6-8-3-13-14-4-8/h3-5,7,9H,2,6,11H2,1H3,(H,13,14)/t9-/m1/s1. The van der Waals surface area contributed by atoms with E-state index < -0.39 is 0 Å². The largest absolute Gasteiger partial charge is 0.329 e. The number of imidazole rings is 1. The maximum Gasteiger partial charge on any atom is 0.0951 e. The molecule has 80 valence electrons. The highest BCUT2D eigenvalue weighted by molar-refractivity contribution is 5.10. The van der Waals surface area contributed by atoms with Crippen LogP contribution < -0.4 is 5.73 Å². The first-order valence-corrected chi connectivity index (χ1v) is 5.04. The van der Waals surface area contributed by atoms with Gasteiger partial charge in [-0.3, -0.25) is 5.10 Å². The van der Waals surface area contributed by atoms with Crippen LogP contribution in [-0.2, 0) is 6.54 Å². The second-order valence-corrected chi connectivity index (χ2v) is 3.57. The second-order valence-electron chi connectivity index (χ2n) is 3.57. The van der Waals surface area contributed by atoms with Crippen molar-refractivity contribution >= 4 is 0 Å². The minimum absolute atomic E-state index is 0.0550. The van der Waals surface area contributed by atoms with Crippen molar-refractivity contribution in [2.24, 2.45) is 5.73 Å². The minimum atomic E-state index is 0.0550. The van der Waals surface area contributed by atoms with E-state index in [1.807, 2.05) is 12.4 Å². The summed E-state index contributed by atoms with van der Waals surface area (Å²) in [5, 5.41) is 6.70. The predicted molar refractivity (Wildman–Crippen MR) is 57.1 cm³/mol. The average molecular weight is 205 g/mol. The molecule has 0 fully saturated rings. The van der Waals surface area contributed by atoms with E-state index >= 15 is 0 Å². The monoisotopic (exact) mass is 205 g/mol. The molecule has 5 nitrogen and oxygen atoms in total. The third kappa shape index (κ3) is 2.07. The molecule has 1 atom stereocenters. The van der Waals surface area contributed by atoms with E-state index in [9.17, 15) is 0 Å². The molecule has 5 heteroatoms. The average Bonchev–Trinajstić information content (AvgIpc) is 2.88. The quantitative estimate of drug-likeness (QED) is 0.784. The molecule has 2 aromatic rings. The van der Waals surface area contributed by atoms with E-state index in [1.54, 1.807) is 12.5 Å². The highest BCUT2D eigenvalue weighted by Gasteiger charge is 2.09. The smallest absolute Gasteiger partial charge is 0.0951 e. The summed E-state index contributed by atoms with van der Waals surface area (Å²) in [7, 11) is 0. The molecule has 15 heavy (non-hydrogen) atoms. The summed E-state index contributed by atoms with van der Waals surface area (Å²) in [6.45, 7) is 2.83. The first-order valence-electron chi connectivity index (χ1n) is 5.04. The number of nitrogens with two attached hydrogens (primary N) is 1.